The Morgan fingerprint density at radius 3 is 2.87 bits per heavy atom. The Bertz CT molecular complexity index is 986. The summed E-state index contributed by atoms with van der Waals surface area (Å²) in [6, 6.07) is 3.96. The molecule has 2 heterocycles. The van der Waals surface area contributed by atoms with Gasteiger partial charge in [-0.3, -0.25) is 14.9 Å². The number of amides is 4. The molecule has 0 spiro atoms. The van der Waals surface area contributed by atoms with E-state index in [0.717, 1.165) is 24.5 Å². The minimum atomic E-state index is -0.831. The first kappa shape index (κ1) is 22.9. The van der Waals surface area contributed by atoms with Gasteiger partial charge in [0.1, 0.15) is 23.0 Å². The van der Waals surface area contributed by atoms with Gasteiger partial charge < -0.3 is 20.7 Å². The molecule has 9 nitrogen and oxygen atoms in total. The van der Waals surface area contributed by atoms with E-state index in [0.29, 0.717) is 30.4 Å². The number of nitrogens with two attached hydrogens (primary N) is 1. The minimum Gasteiger partial charge on any atom is -0.471 e. The fourth-order valence-corrected chi connectivity index (χ4v) is 4.09. The Kier molecular flexibility index (Phi) is 7.80. The van der Waals surface area contributed by atoms with Crippen molar-refractivity contribution in [2.24, 2.45) is 5.73 Å². The SMILES string of the molecule is NC(=O)c1c(OCc2ccc(Br)cc2F)nsc1NC(=O)NCCCN1CCCC1=O. The van der Waals surface area contributed by atoms with E-state index < -0.39 is 17.8 Å². The molecule has 3 rings (SSSR count). The summed E-state index contributed by atoms with van der Waals surface area (Å²) in [7, 11) is 0. The van der Waals surface area contributed by atoms with Crippen molar-refractivity contribution in [1.29, 1.82) is 0 Å². The van der Waals surface area contributed by atoms with Gasteiger partial charge in [0.05, 0.1) is 0 Å². The van der Waals surface area contributed by atoms with Gasteiger partial charge in [0, 0.05) is 36.1 Å². The first-order valence-electron chi connectivity index (χ1n) is 9.54. The Balaban J connectivity index is 1.53. The molecule has 31 heavy (non-hydrogen) atoms. The second kappa shape index (κ2) is 10.5. The average Bonchev–Trinajstić information content (AvgIpc) is 3.30. The maximum atomic E-state index is 14.0. The summed E-state index contributed by atoms with van der Waals surface area (Å²) in [5.41, 5.74) is 5.61. The number of ether oxygens (including phenoxy) is 1. The van der Waals surface area contributed by atoms with E-state index in [1.165, 1.54) is 12.1 Å². The van der Waals surface area contributed by atoms with E-state index in [1.54, 1.807) is 11.0 Å². The second-order valence-electron chi connectivity index (χ2n) is 6.80. The molecule has 4 N–H and O–H groups in total. The summed E-state index contributed by atoms with van der Waals surface area (Å²) >= 11 is 4.01. The lowest BCUT2D eigenvalue weighted by atomic mass is 10.2. The van der Waals surface area contributed by atoms with Crippen LogP contribution < -0.4 is 21.1 Å². The highest BCUT2D eigenvalue weighted by molar-refractivity contribution is 9.10. The van der Waals surface area contributed by atoms with Crippen molar-refractivity contribution in [3.63, 3.8) is 0 Å². The third-order valence-electron chi connectivity index (χ3n) is 4.58. The van der Waals surface area contributed by atoms with Gasteiger partial charge in [0.2, 0.25) is 11.8 Å². The molecule has 0 saturated carbocycles. The molecular formula is C19H21BrFN5O4S. The molecule has 166 valence electrons. The number of carbonyl (C=O) groups is 3. The van der Waals surface area contributed by atoms with E-state index in [-0.39, 0.29) is 34.5 Å². The van der Waals surface area contributed by atoms with Crippen LogP contribution in [0.25, 0.3) is 0 Å². The van der Waals surface area contributed by atoms with Crippen molar-refractivity contribution in [1.82, 2.24) is 14.6 Å². The Hall–Kier alpha value is -2.73. The van der Waals surface area contributed by atoms with E-state index in [4.69, 9.17) is 10.5 Å². The van der Waals surface area contributed by atoms with E-state index in [1.807, 2.05) is 0 Å². The molecule has 1 aliphatic heterocycles. The zero-order chi connectivity index (χ0) is 22.4. The molecule has 12 heteroatoms. The molecule has 4 amide bonds. The predicted molar refractivity (Wildman–Crippen MR) is 117 cm³/mol. The topological polar surface area (TPSA) is 127 Å². The number of hydrogen-bond acceptors (Lipinski definition) is 6. The van der Waals surface area contributed by atoms with Gasteiger partial charge in [-0.05, 0) is 36.5 Å². The fourth-order valence-electron chi connectivity index (χ4n) is 3.02. The van der Waals surface area contributed by atoms with E-state index >= 15 is 0 Å². The molecular weight excluding hydrogens is 493 g/mol. The molecule has 1 aromatic heterocycles. The van der Waals surface area contributed by atoms with Gasteiger partial charge in [-0.1, -0.05) is 22.0 Å². The summed E-state index contributed by atoms with van der Waals surface area (Å²) in [5.74, 6) is -1.25. The van der Waals surface area contributed by atoms with Gasteiger partial charge in [0.15, 0.2) is 0 Å². The van der Waals surface area contributed by atoms with Crippen LogP contribution in [0, 0.1) is 5.82 Å². The smallest absolute Gasteiger partial charge is 0.319 e. The number of carbonyl (C=O) groups excluding carboxylic acids is 3. The van der Waals surface area contributed by atoms with Gasteiger partial charge in [-0.25, -0.2) is 9.18 Å². The van der Waals surface area contributed by atoms with E-state index in [9.17, 15) is 18.8 Å². The molecule has 1 aliphatic rings. The van der Waals surface area contributed by atoms with Crippen LogP contribution in [0.2, 0.25) is 0 Å². The molecule has 1 fully saturated rings. The summed E-state index contributed by atoms with van der Waals surface area (Å²) in [4.78, 5) is 37.3. The number of nitrogens with zero attached hydrogens (tertiary/aromatic N) is 2. The summed E-state index contributed by atoms with van der Waals surface area (Å²) < 4.78 is 24.0. The predicted octanol–water partition coefficient (Wildman–Crippen LogP) is 2.86. The van der Waals surface area contributed by atoms with Crippen LogP contribution in [0.15, 0.2) is 22.7 Å². The summed E-state index contributed by atoms with van der Waals surface area (Å²) in [5, 5.41) is 5.32. The van der Waals surface area contributed by atoms with Gasteiger partial charge in [0.25, 0.3) is 5.91 Å². The lowest BCUT2D eigenvalue weighted by molar-refractivity contribution is -0.127. The third-order valence-corrected chi connectivity index (χ3v) is 5.81. The molecule has 1 saturated heterocycles. The van der Waals surface area contributed by atoms with Crippen molar-refractivity contribution >= 4 is 50.3 Å². The summed E-state index contributed by atoms with van der Waals surface area (Å²) in [6.45, 7) is 1.52. The number of anilines is 1. The fraction of sp³-hybridized carbons (Fsp3) is 0.368. The number of nitrogens with one attached hydrogen (secondary N) is 2. The lowest BCUT2D eigenvalue weighted by Gasteiger charge is -2.15. The Morgan fingerprint density at radius 2 is 2.19 bits per heavy atom. The highest BCUT2D eigenvalue weighted by Crippen LogP contribution is 2.31. The normalized spacial score (nSPS) is 13.4. The number of halogens is 2. The molecule has 0 bridgehead atoms. The number of aromatic nitrogens is 1. The first-order chi connectivity index (χ1) is 14.8. The maximum absolute atomic E-state index is 14.0. The van der Waals surface area contributed by atoms with Crippen LogP contribution in [-0.4, -0.2) is 46.8 Å². The largest absolute Gasteiger partial charge is 0.471 e. The zero-order valence-electron chi connectivity index (χ0n) is 16.5. The van der Waals surface area contributed by atoms with Crippen molar-refractivity contribution in [3.8, 4) is 5.88 Å². The number of primary amides is 1. The monoisotopic (exact) mass is 513 g/mol. The standard InChI is InChI=1S/C19H21BrFN5O4S/c20-12-5-4-11(13(21)9-12)10-30-17-15(16(22)28)18(31-25-17)24-19(29)23-6-2-8-26-7-1-3-14(26)27/h4-5,9H,1-3,6-8,10H2,(H2,22,28)(H2,23,24,29). The second-order valence-corrected chi connectivity index (χ2v) is 8.49. The minimum absolute atomic E-state index is 0.0809. The average molecular weight is 514 g/mol. The highest BCUT2D eigenvalue weighted by Gasteiger charge is 2.23. The van der Waals surface area contributed by atoms with Gasteiger partial charge in [-0.2, -0.15) is 4.37 Å². The van der Waals surface area contributed by atoms with Crippen LogP contribution in [0.4, 0.5) is 14.2 Å². The van der Waals surface area contributed by atoms with Crippen LogP contribution in [-0.2, 0) is 11.4 Å². The number of benzene rings is 1. The number of rotatable bonds is 9. The Morgan fingerprint density at radius 1 is 1.39 bits per heavy atom. The number of urea groups is 1. The Labute approximate surface area is 190 Å². The van der Waals surface area contributed by atoms with Gasteiger partial charge in [-0.15, -0.1) is 0 Å². The molecule has 1 aromatic carbocycles. The molecule has 0 atom stereocenters. The van der Waals surface area contributed by atoms with Crippen molar-refractivity contribution in [2.75, 3.05) is 25.0 Å². The summed E-state index contributed by atoms with van der Waals surface area (Å²) in [6.07, 6.45) is 2.05. The highest BCUT2D eigenvalue weighted by atomic mass is 79.9. The van der Waals surface area contributed by atoms with Crippen molar-refractivity contribution in [3.05, 3.63) is 39.6 Å². The molecule has 0 unspecified atom stereocenters. The van der Waals surface area contributed by atoms with Crippen LogP contribution in [0.5, 0.6) is 5.88 Å². The zero-order valence-corrected chi connectivity index (χ0v) is 18.9. The van der Waals surface area contributed by atoms with Crippen molar-refractivity contribution in [2.45, 2.75) is 25.9 Å². The maximum Gasteiger partial charge on any atom is 0.319 e. The third kappa shape index (κ3) is 6.14. The van der Waals surface area contributed by atoms with E-state index in [2.05, 4.69) is 30.9 Å². The first-order valence-corrected chi connectivity index (χ1v) is 11.1. The molecule has 2 aromatic rings. The molecule has 0 radical (unpaired) electrons. The number of hydrogen-bond donors (Lipinski definition) is 3. The molecule has 0 aliphatic carbocycles. The van der Waals surface area contributed by atoms with Crippen LogP contribution in [0.3, 0.4) is 0 Å². The van der Waals surface area contributed by atoms with Crippen molar-refractivity contribution < 1.29 is 23.5 Å². The van der Waals surface area contributed by atoms with Gasteiger partial charge >= 0.3 is 6.03 Å². The quantitative estimate of drug-likeness (QED) is 0.444. The lowest BCUT2D eigenvalue weighted by Crippen LogP contribution is -2.33. The number of likely N-dealkylation sites (tertiary alicyclic amines) is 1. The van der Waals surface area contributed by atoms with Crippen LogP contribution in [0.1, 0.15) is 35.2 Å². The van der Waals surface area contributed by atoms with Crippen LogP contribution >= 0.6 is 27.5 Å².